The summed E-state index contributed by atoms with van der Waals surface area (Å²) in [6, 6.07) is 11.0. The molecule has 0 bridgehead atoms. The fourth-order valence-corrected chi connectivity index (χ4v) is 2.17. The van der Waals surface area contributed by atoms with Crippen molar-refractivity contribution < 1.29 is 23.5 Å². The lowest BCUT2D eigenvalue weighted by molar-refractivity contribution is -0.128. The van der Waals surface area contributed by atoms with Crippen LogP contribution < -0.4 is 20.3 Å². The number of halogens is 2. The van der Waals surface area contributed by atoms with Crippen molar-refractivity contribution in [2.45, 2.75) is 6.92 Å². The Morgan fingerprint density at radius 2 is 1.81 bits per heavy atom. The second-order valence-electron chi connectivity index (χ2n) is 5.21. The van der Waals surface area contributed by atoms with Crippen LogP contribution in [0.5, 0.6) is 11.5 Å². The van der Waals surface area contributed by atoms with Gasteiger partial charge in [0.05, 0.1) is 11.6 Å². The van der Waals surface area contributed by atoms with Crippen molar-refractivity contribution >= 4 is 29.5 Å². The standard InChI is InChI=1S/C19H18ClFN2O4/c1-2-26-16-5-3-4-6-17(16)27-12-19(25)23-22-18(24)10-8-13-7-9-15(21)14(20)11-13/h3-11H,2,12H2,1H3,(H,22,24)(H,23,25)/b10-8+. The van der Waals surface area contributed by atoms with Gasteiger partial charge in [0, 0.05) is 6.08 Å². The summed E-state index contributed by atoms with van der Waals surface area (Å²) >= 11 is 5.66. The van der Waals surface area contributed by atoms with E-state index in [0.29, 0.717) is 23.7 Å². The second kappa shape index (κ2) is 10.2. The Hall–Kier alpha value is -3.06. The van der Waals surface area contributed by atoms with Gasteiger partial charge in [0.2, 0.25) is 0 Å². The van der Waals surface area contributed by atoms with E-state index in [1.165, 1.54) is 30.4 Å². The molecule has 0 fully saturated rings. The van der Waals surface area contributed by atoms with Crippen molar-refractivity contribution in [3.05, 3.63) is 64.9 Å². The number of amides is 2. The Balaban J connectivity index is 1.78. The Morgan fingerprint density at radius 3 is 2.48 bits per heavy atom. The van der Waals surface area contributed by atoms with Gasteiger partial charge in [-0.2, -0.15) is 0 Å². The van der Waals surface area contributed by atoms with Crippen molar-refractivity contribution in [3.63, 3.8) is 0 Å². The van der Waals surface area contributed by atoms with Crippen molar-refractivity contribution in [2.75, 3.05) is 13.2 Å². The Labute approximate surface area is 160 Å². The van der Waals surface area contributed by atoms with Crippen LogP contribution in [0.25, 0.3) is 6.08 Å². The van der Waals surface area contributed by atoms with E-state index in [-0.39, 0.29) is 11.6 Å². The van der Waals surface area contributed by atoms with Gasteiger partial charge in [-0.05, 0) is 42.8 Å². The predicted molar refractivity (Wildman–Crippen MR) is 99.8 cm³/mol. The molecule has 0 saturated heterocycles. The first-order chi connectivity index (χ1) is 13.0. The number of carbonyl (C=O) groups excluding carboxylic acids is 2. The lowest BCUT2D eigenvalue weighted by atomic mass is 10.2. The molecule has 2 N–H and O–H groups in total. The summed E-state index contributed by atoms with van der Waals surface area (Å²) in [5, 5.41) is -0.0460. The van der Waals surface area contributed by atoms with Crippen LogP contribution in [0.1, 0.15) is 12.5 Å². The van der Waals surface area contributed by atoms with Crippen LogP contribution in [0, 0.1) is 5.82 Å². The number of hydrogen-bond acceptors (Lipinski definition) is 4. The minimum absolute atomic E-state index is 0.0460. The summed E-state index contributed by atoms with van der Waals surface area (Å²) in [5.74, 6) is -0.713. The Bertz CT molecular complexity index is 842. The molecular weight excluding hydrogens is 375 g/mol. The van der Waals surface area contributed by atoms with Gasteiger partial charge < -0.3 is 9.47 Å². The molecule has 142 valence electrons. The molecule has 0 aromatic heterocycles. The molecule has 2 aromatic rings. The molecule has 0 heterocycles. The van der Waals surface area contributed by atoms with E-state index in [1.54, 1.807) is 24.3 Å². The molecule has 8 heteroatoms. The maximum atomic E-state index is 13.1. The molecular formula is C19H18ClFN2O4. The number of nitrogens with one attached hydrogen (secondary N) is 2. The van der Waals surface area contributed by atoms with Gasteiger partial charge in [0.15, 0.2) is 18.1 Å². The molecule has 0 aliphatic heterocycles. The molecule has 2 amide bonds. The Kier molecular flexibility index (Phi) is 7.63. The van der Waals surface area contributed by atoms with Crippen molar-refractivity contribution in [1.29, 1.82) is 0 Å². The minimum atomic E-state index is -0.571. The summed E-state index contributed by atoms with van der Waals surface area (Å²) < 4.78 is 23.8. The summed E-state index contributed by atoms with van der Waals surface area (Å²) in [5.41, 5.74) is 4.97. The topological polar surface area (TPSA) is 76.7 Å². The Morgan fingerprint density at radius 1 is 1.11 bits per heavy atom. The lowest BCUT2D eigenvalue weighted by Gasteiger charge is -2.11. The van der Waals surface area contributed by atoms with E-state index < -0.39 is 17.6 Å². The second-order valence-corrected chi connectivity index (χ2v) is 5.62. The van der Waals surface area contributed by atoms with Crippen LogP contribution in [-0.4, -0.2) is 25.0 Å². The lowest BCUT2D eigenvalue weighted by Crippen LogP contribution is -2.43. The average Bonchev–Trinajstić information content (AvgIpc) is 2.67. The van der Waals surface area contributed by atoms with E-state index in [4.69, 9.17) is 21.1 Å². The quantitative estimate of drug-likeness (QED) is 0.560. The molecule has 2 rings (SSSR count). The highest BCUT2D eigenvalue weighted by Gasteiger charge is 2.08. The van der Waals surface area contributed by atoms with Crippen LogP contribution in [0.3, 0.4) is 0 Å². The van der Waals surface area contributed by atoms with Crippen LogP contribution in [0.4, 0.5) is 4.39 Å². The monoisotopic (exact) mass is 392 g/mol. The van der Waals surface area contributed by atoms with Gasteiger partial charge in [0.1, 0.15) is 5.82 Å². The molecule has 0 aliphatic carbocycles. The zero-order chi connectivity index (χ0) is 19.6. The fraction of sp³-hybridized carbons (Fsp3) is 0.158. The highest BCUT2D eigenvalue weighted by molar-refractivity contribution is 6.30. The zero-order valence-corrected chi connectivity index (χ0v) is 15.3. The van der Waals surface area contributed by atoms with Gasteiger partial charge in [-0.15, -0.1) is 0 Å². The van der Waals surface area contributed by atoms with Crippen molar-refractivity contribution in [3.8, 4) is 11.5 Å². The fourth-order valence-electron chi connectivity index (χ4n) is 1.98. The highest BCUT2D eigenvalue weighted by Crippen LogP contribution is 2.26. The predicted octanol–water partition coefficient (Wildman–Crippen LogP) is 3.12. The van der Waals surface area contributed by atoms with Crippen LogP contribution in [0.2, 0.25) is 5.02 Å². The molecule has 2 aromatic carbocycles. The van der Waals surface area contributed by atoms with E-state index in [0.717, 1.165) is 0 Å². The maximum absolute atomic E-state index is 13.1. The third kappa shape index (κ3) is 6.63. The average molecular weight is 393 g/mol. The third-order valence-electron chi connectivity index (χ3n) is 3.20. The van der Waals surface area contributed by atoms with Gasteiger partial charge >= 0.3 is 0 Å². The van der Waals surface area contributed by atoms with E-state index in [9.17, 15) is 14.0 Å². The molecule has 27 heavy (non-hydrogen) atoms. The SMILES string of the molecule is CCOc1ccccc1OCC(=O)NNC(=O)/C=C/c1ccc(F)c(Cl)c1. The number of ether oxygens (including phenoxy) is 2. The van der Waals surface area contributed by atoms with Crippen LogP contribution in [-0.2, 0) is 9.59 Å². The van der Waals surface area contributed by atoms with Crippen molar-refractivity contribution in [1.82, 2.24) is 10.9 Å². The van der Waals surface area contributed by atoms with Crippen molar-refractivity contribution in [2.24, 2.45) is 0 Å². The van der Waals surface area contributed by atoms with Crippen LogP contribution in [0.15, 0.2) is 48.5 Å². The van der Waals surface area contributed by atoms with Gasteiger partial charge in [-0.3, -0.25) is 20.4 Å². The summed E-state index contributed by atoms with van der Waals surface area (Å²) in [7, 11) is 0. The molecule has 0 radical (unpaired) electrons. The molecule has 0 spiro atoms. The molecule has 0 atom stereocenters. The van der Waals surface area contributed by atoms with E-state index in [2.05, 4.69) is 10.9 Å². The van der Waals surface area contributed by atoms with E-state index >= 15 is 0 Å². The first-order valence-corrected chi connectivity index (χ1v) is 8.44. The molecule has 0 saturated carbocycles. The maximum Gasteiger partial charge on any atom is 0.276 e. The number of para-hydroxylation sites is 2. The number of hydrogen-bond donors (Lipinski definition) is 2. The highest BCUT2D eigenvalue weighted by atomic mass is 35.5. The first-order valence-electron chi connectivity index (χ1n) is 8.06. The number of benzene rings is 2. The van der Waals surface area contributed by atoms with Gasteiger partial charge in [-0.25, -0.2) is 4.39 Å². The third-order valence-corrected chi connectivity index (χ3v) is 3.49. The smallest absolute Gasteiger partial charge is 0.276 e. The number of carbonyl (C=O) groups is 2. The molecule has 6 nitrogen and oxygen atoms in total. The van der Waals surface area contributed by atoms with Crippen LogP contribution >= 0.6 is 11.6 Å². The summed E-state index contributed by atoms with van der Waals surface area (Å²) in [4.78, 5) is 23.5. The zero-order valence-electron chi connectivity index (χ0n) is 14.5. The normalized spacial score (nSPS) is 10.5. The van der Waals surface area contributed by atoms with Gasteiger partial charge in [-0.1, -0.05) is 29.8 Å². The number of hydrazine groups is 1. The first kappa shape index (κ1) is 20.3. The van der Waals surface area contributed by atoms with Gasteiger partial charge in [0.25, 0.3) is 11.8 Å². The van der Waals surface area contributed by atoms with E-state index in [1.807, 2.05) is 6.92 Å². The molecule has 0 aliphatic rings. The minimum Gasteiger partial charge on any atom is -0.490 e. The molecule has 0 unspecified atom stereocenters. The summed E-state index contributed by atoms with van der Waals surface area (Å²) in [6.07, 6.45) is 2.61. The number of rotatable bonds is 7. The summed E-state index contributed by atoms with van der Waals surface area (Å²) in [6.45, 7) is 2.00. The largest absolute Gasteiger partial charge is 0.490 e.